The predicted molar refractivity (Wildman–Crippen MR) is 82.1 cm³/mol. The topological polar surface area (TPSA) is 118 Å². The van der Waals surface area contributed by atoms with Gasteiger partial charge in [-0.3, -0.25) is 10.1 Å². The first-order valence-electron chi connectivity index (χ1n) is 5.84. The Labute approximate surface area is 131 Å². The van der Waals surface area contributed by atoms with Gasteiger partial charge in [0.25, 0.3) is 5.69 Å². The van der Waals surface area contributed by atoms with Crippen LogP contribution in [-0.2, 0) is 0 Å². The van der Waals surface area contributed by atoms with Crippen LogP contribution >= 0.6 is 12.4 Å². The highest BCUT2D eigenvalue weighted by Crippen LogP contribution is 2.20. The minimum Gasteiger partial charge on any atom is -0.412 e. The first-order chi connectivity index (χ1) is 9.75. The summed E-state index contributed by atoms with van der Waals surface area (Å²) in [4.78, 5) is 10.2. The van der Waals surface area contributed by atoms with Crippen LogP contribution in [0.15, 0.2) is 54.6 Å². The quantitative estimate of drug-likeness (QED) is 0.538. The average Bonchev–Trinajstić information content (AvgIpc) is 2.97. The van der Waals surface area contributed by atoms with E-state index in [-0.39, 0.29) is 23.6 Å². The third-order valence-corrected chi connectivity index (χ3v) is 2.81. The molecule has 9 heteroatoms. The summed E-state index contributed by atoms with van der Waals surface area (Å²) in [5.41, 5.74) is 1.57. The Morgan fingerprint density at radius 3 is 2.23 bits per heavy atom. The maximum atomic E-state index is 10.6. The fraction of sp³-hybridized carbons (Fsp3) is 0. The highest BCUT2D eigenvalue weighted by atomic mass is 35.5. The number of tetrazole rings is 1. The summed E-state index contributed by atoms with van der Waals surface area (Å²) < 4.78 is 1.54. The number of non-ortho nitro benzene ring substituents is 1. The molecule has 0 aliphatic rings. The molecule has 2 N–H and O–H groups in total. The molecule has 0 radical (unpaired) electrons. The molecule has 0 saturated carbocycles. The van der Waals surface area contributed by atoms with Crippen molar-refractivity contribution in [3.8, 4) is 17.1 Å². The lowest BCUT2D eigenvalue weighted by Gasteiger charge is -2.04. The normalized spacial score (nSPS) is 9.45. The zero-order valence-electron chi connectivity index (χ0n) is 11.2. The molecule has 2 aromatic carbocycles. The molecule has 1 aromatic heterocycles. The Bertz CT molecular complexity index is 746. The molecule has 0 atom stereocenters. The van der Waals surface area contributed by atoms with E-state index in [1.54, 1.807) is 16.8 Å². The van der Waals surface area contributed by atoms with Crippen molar-refractivity contribution < 1.29 is 10.4 Å². The summed E-state index contributed by atoms with van der Waals surface area (Å²) >= 11 is 0. The van der Waals surface area contributed by atoms with Gasteiger partial charge in [-0.15, -0.1) is 17.5 Å². The Balaban J connectivity index is 0.00000121. The molecule has 0 spiro atoms. The molecule has 0 aliphatic carbocycles. The first kappa shape index (κ1) is 17.2. The highest BCUT2D eigenvalue weighted by Gasteiger charge is 2.11. The molecular weight excluding hydrogens is 310 g/mol. The van der Waals surface area contributed by atoms with Crippen LogP contribution in [0.2, 0.25) is 0 Å². The maximum absolute atomic E-state index is 10.6. The fourth-order valence-electron chi connectivity index (χ4n) is 1.84. The zero-order valence-corrected chi connectivity index (χ0v) is 12.0. The number of aromatic nitrogens is 4. The molecule has 0 amide bonds. The fourth-order valence-corrected chi connectivity index (χ4v) is 1.84. The number of benzene rings is 2. The summed E-state index contributed by atoms with van der Waals surface area (Å²) in [6.07, 6.45) is 0. The van der Waals surface area contributed by atoms with E-state index >= 15 is 0 Å². The molecule has 0 bridgehead atoms. The van der Waals surface area contributed by atoms with Crippen LogP contribution in [-0.4, -0.2) is 30.6 Å². The lowest BCUT2D eigenvalue weighted by molar-refractivity contribution is -0.384. The van der Waals surface area contributed by atoms with Crippen LogP contribution in [0.1, 0.15) is 0 Å². The number of nitrogens with zero attached hydrogens (tertiary/aromatic N) is 5. The van der Waals surface area contributed by atoms with E-state index in [0.717, 1.165) is 5.56 Å². The van der Waals surface area contributed by atoms with Gasteiger partial charge >= 0.3 is 0 Å². The van der Waals surface area contributed by atoms with Gasteiger partial charge in [0.2, 0.25) is 0 Å². The van der Waals surface area contributed by atoms with E-state index in [2.05, 4.69) is 15.5 Å². The summed E-state index contributed by atoms with van der Waals surface area (Å²) in [6, 6.07) is 15.6. The SMILES string of the molecule is Cl.O.O=[N+]([O-])c1ccc(-n2nnnc2-c2ccccc2)cc1. The largest absolute Gasteiger partial charge is 0.412 e. The van der Waals surface area contributed by atoms with Crippen molar-refractivity contribution in [1.29, 1.82) is 0 Å². The molecule has 0 aliphatic heterocycles. The standard InChI is InChI=1S/C13H9N5O2.ClH.H2O/c19-18(20)12-8-6-11(7-9-12)17-13(14-15-16-17)10-4-2-1-3-5-10;;/h1-9H;1H;1H2. The molecule has 8 nitrogen and oxygen atoms in total. The molecule has 0 saturated heterocycles. The van der Waals surface area contributed by atoms with Crippen molar-refractivity contribution in [2.45, 2.75) is 0 Å². The summed E-state index contributed by atoms with van der Waals surface area (Å²) in [5.74, 6) is 0.583. The van der Waals surface area contributed by atoms with Gasteiger partial charge in [-0.1, -0.05) is 30.3 Å². The third-order valence-electron chi connectivity index (χ3n) is 2.81. The van der Waals surface area contributed by atoms with E-state index in [0.29, 0.717) is 11.5 Å². The van der Waals surface area contributed by atoms with Crippen molar-refractivity contribution in [1.82, 2.24) is 20.2 Å². The number of halogens is 1. The van der Waals surface area contributed by atoms with Crippen molar-refractivity contribution in [2.24, 2.45) is 0 Å². The van der Waals surface area contributed by atoms with Gasteiger partial charge in [0.1, 0.15) is 0 Å². The lowest BCUT2D eigenvalue weighted by atomic mass is 10.2. The number of nitro benzene ring substituents is 1. The second-order valence-corrected chi connectivity index (χ2v) is 4.05. The minimum atomic E-state index is -0.443. The van der Waals surface area contributed by atoms with Gasteiger partial charge in [0.15, 0.2) is 5.82 Å². The number of rotatable bonds is 3. The van der Waals surface area contributed by atoms with Gasteiger partial charge < -0.3 is 5.48 Å². The summed E-state index contributed by atoms with van der Waals surface area (Å²) in [7, 11) is 0. The van der Waals surface area contributed by atoms with Crippen molar-refractivity contribution >= 4 is 18.1 Å². The monoisotopic (exact) mass is 321 g/mol. The second kappa shape index (κ2) is 7.25. The van der Waals surface area contributed by atoms with E-state index in [1.807, 2.05) is 30.3 Å². The number of hydrogen-bond acceptors (Lipinski definition) is 5. The molecule has 0 fully saturated rings. The Kier molecular flexibility index (Phi) is 5.67. The van der Waals surface area contributed by atoms with Crippen molar-refractivity contribution in [3.63, 3.8) is 0 Å². The van der Waals surface area contributed by atoms with Gasteiger partial charge in [0, 0.05) is 17.7 Å². The summed E-state index contributed by atoms with van der Waals surface area (Å²) in [6.45, 7) is 0. The smallest absolute Gasteiger partial charge is 0.269 e. The highest BCUT2D eigenvalue weighted by molar-refractivity contribution is 5.85. The molecule has 114 valence electrons. The van der Waals surface area contributed by atoms with Gasteiger partial charge in [-0.25, -0.2) is 0 Å². The number of nitro groups is 1. The van der Waals surface area contributed by atoms with E-state index in [1.165, 1.54) is 12.1 Å². The van der Waals surface area contributed by atoms with Gasteiger partial charge in [0.05, 0.1) is 10.6 Å². The van der Waals surface area contributed by atoms with E-state index in [9.17, 15) is 10.1 Å². The van der Waals surface area contributed by atoms with Crippen LogP contribution in [0.25, 0.3) is 17.1 Å². The molecule has 22 heavy (non-hydrogen) atoms. The van der Waals surface area contributed by atoms with Crippen LogP contribution in [0, 0.1) is 10.1 Å². The molecule has 3 aromatic rings. The van der Waals surface area contributed by atoms with Crippen molar-refractivity contribution in [3.05, 3.63) is 64.7 Å². The zero-order chi connectivity index (χ0) is 13.9. The van der Waals surface area contributed by atoms with E-state index in [4.69, 9.17) is 0 Å². The second-order valence-electron chi connectivity index (χ2n) is 4.05. The van der Waals surface area contributed by atoms with Crippen LogP contribution < -0.4 is 0 Å². The van der Waals surface area contributed by atoms with Crippen LogP contribution in [0.3, 0.4) is 0 Å². The van der Waals surface area contributed by atoms with E-state index < -0.39 is 4.92 Å². The van der Waals surface area contributed by atoms with Crippen LogP contribution in [0.5, 0.6) is 0 Å². The minimum absolute atomic E-state index is 0. The lowest BCUT2D eigenvalue weighted by Crippen LogP contribution is -2.00. The predicted octanol–water partition coefficient (Wildman–Crippen LogP) is 1.83. The molecular formula is C13H12ClN5O3. The Hall–Kier alpha value is -2.84. The first-order valence-corrected chi connectivity index (χ1v) is 5.84. The molecule has 1 heterocycles. The van der Waals surface area contributed by atoms with Crippen molar-refractivity contribution in [2.75, 3.05) is 0 Å². The van der Waals surface area contributed by atoms with Gasteiger partial charge in [-0.05, 0) is 22.6 Å². The Morgan fingerprint density at radius 1 is 1.00 bits per heavy atom. The Morgan fingerprint density at radius 2 is 1.64 bits per heavy atom. The third kappa shape index (κ3) is 3.25. The maximum Gasteiger partial charge on any atom is 0.269 e. The van der Waals surface area contributed by atoms with Gasteiger partial charge in [-0.2, -0.15) is 4.68 Å². The molecule has 3 rings (SSSR count). The number of hydrogen-bond donors (Lipinski definition) is 0. The molecule has 0 unspecified atom stereocenters. The average molecular weight is 322 g/mol. The van der Waals surface area contributed by atoms with Crippen LogP contribution in [0.4, 0.5) is 5.69 Å². The summed E-state index contributed by atoms with van der Waals surface area (Å²) in [5, 5.41) is 22.2.